The molecule has 1 atom stereocenters. The maximum Gasteiger partial charge on any atom is 0.315 e. The molecule has 0 spiro atoms. The van der Waals surface area contributed by atoms with Crippen molar-refractivity contribution in [1.82, 2.24) is 25.2 Å². The number of urea groups is 1. The van der Waals surface area contributed by atoms with Crippen molar-refractivity contribution >= 4 is 11.7 Å². The highest BCUT2D eigenvalue weighted by atomic mass is 16.5. The molecule has 3 aromatic heterocycles. The van der Waals surface area contributed by atoms with Crippen LogP contribution in [-0.4, -0.2) is 34.3 Å². The van der Waals surface area contributed by atoms with Crippen LogP contribution in [0.25, 0.3) is 5.65 Å². The molecule has 0 bridgehead atoms. The minimum Gasteiger partial charge on any atom is -0.464 e. The van der Waals surface area contributed by atoms with Crippen LogP contribution in [0.1, 0.15) is 23.4 Å². The summed E-state index contributed by atoms with van der Waals surface area (Å²) in [6, 6.07) is 8.59. The first-order valence-electron chi connectivity index (χ1n) is 7.55. The van der Waals surface area contributed by atoms with Gasteiger partial charge in [0, 0.05) is 13.3 Å². The Morgan fingerprint density at radius 3 is 2.96 bits per heavy atom. The molecule has 8 nitrogen and oxygen atoms in total. The van der Waals surface area contributed by atoms with Gasteiger partial charge in [-0.05, 0) is 31.2 Å². The van der Waals surface area contributed by atoms with E-state index in [-0.39, 0.29) is 18.6 Å². The number of methoxy groups -OCH3 is 1. The third kappa shape index (κ3) is 3.54. The van der Waals surface area contributed by atoms with Gasteiger partial charge in [0.2, 0.25) is 0 Å². The lowest BCUT2D eigenvalue weighted by molar-refractivity contribution is 0.156. The van der Waals surface area contributed by atoms with Gasteiger partial charge in [-0.2, -0.15) is 0 Å². The van der Waals surface area contributed by atoms with E-state index >= 15 is 0 Å². The Morgan fingerprint density at radius 1 is 1.33 bits per heavy atom. The van der Waals surface area contributed by atoms with Gasteiger partial charge in [-0.3, -0.25) is 4.40 Å². The van der Waals surface area contributed by atoms with Crippen LogP contribution in [0.2, 0.25) is 0 Å². The van der Waals surface area contributed by atoms with Crippen molar-refractivity contribution in [2.75, 3.05) is 13.7 Å². The zero-order chi connectivity index (χ0) is 16.9. The zero-order valence-corrected chi connectivity index (χ0v) is 13.5. The summed E-state index contributed by atoms with van der Waals surface area (Å²) >= 11 is 0. The average Bonchev–Trinajstić information content (AvgIpc) is 3.19. The average molecular weight is 329 g/mol. The number of fused-ring (bicyclic) bond motifs is 1. The summed E-state index contributed by atoms with van der Waals surface area (Å²) in [5.74, 6) is 2.08. The van der Waals surface area contributed by atoms with Crippen molar-refractivity contribution < 1.29 is 13.9 Å². The first-order chi connectivity index (χ1) is 11.7. The molecule has 0 saturated carbocycles. The van der Waals surface area contributed by atoms with E-state index in [4.69, 9.17) is 9.15 Å². The van der Waals surface area contributed by atoms with Gasteiger partial charge < -0.3 is 19.8 Å². The zero-order valence-electron chi connectivity index (χ0n) is 13.5. The molecule has 2 N–H and O–H groups in total. The van der Waals surface area contributed by atoms with Crippen LogP contribution in [-0.2, 0) is 11.3 Å². The first-order valence-corrected chi connectivity index (χ1v) is 7.55. The number of hydrogen-bond acceptors (Lipinski definition) is 5. The predicted molar refractivity (Wildman–Crippen MR) is 86.4 cm³/mol. The van der Waals surface area contributed by atoms with E-state index in [2.05, 4.69) is 20.8 Å². The van der Waals surface area contributed by atoms with Crippen LogP contribution in [0, 0.1) is 6.92 Å². The largest absolute Gasteiger partial charge is 0.464 e. The molecular weight excluding hydrogens is 310 g/mol. The molecule has 3 heterocycles. The van der Waals surface area contributed by atoms with E-state index in [0.717, 1.165) is 11.4 Å². The van der Waals surface area contributed by atoms with Crippen LogP contribution in [0.3, 0.4) is 0 Å². The Hall–Kier alpha value is -2.87. The van der Waals surface area contributed by atoms with Gasteiger partial charge in [0.1, 0.15) is 17.6 Å². The number of hydrogen-bond donors (Lipinski definition) is 2. The maximum atomic E-state index is 12.2. The first kappa shape index (κ1) is 16.0. The van der Waals surface area contributed by atoms with Crippen LogP contribution in [0.4, 0.5) is 4.79 Å². The Labute approximate surface area is 138 Å². The number of carbonyl (C=O) groups excluding carboxylic acids is 1. The molecule has 0 fully saturated rings. The summed E-state index contributed by atoms with van der Waals surface area (Å²) in [5.41, 5.74) is 0.734. The van der Waals surface area contributed by atoms with Crippen molar-refractivity contribution in [1.29, 1.82) is 0 Å². The highest BCUT2D eigenvalue weighted by Crippen LogP contribution is 2.16. The summed E-state index contributed by atoms with van der Waals surface area (Å²) in [5, 5.41) is 13.7. The molecule has 3 aromatic rings. The molecule has 0 aromatic carbocycles. The number of carbonyl (C=O) groups is 1. The van der Waals surface area contributed by atoms with Crippen molar-refractivity contribution in [2.24, 2.45) is 0 Å². The van der Waals surface area contributed by atoms with Gasteiger partial charge in [-0.15, -0.1) is 10.2 Å². The van der Waals surface area contributed by atoms with Crippen LogP contribution in [0.5, 0.6) is 0 Å². The standard InChI is InChI=1S/C16H19N5O3/c1-11-6-7-13(24-11)12(10-23-2)18-16(22)17-9-15-20-19-14-5-3-4-8-21(14)15/h3-8,12H,9-10H2,1-2H3,(H2,17,18,22). The molecule has 1 unspecified atom stereocenters. The Balaban J connectivity index is 1.61. The number of furan rings is 1. The summed E-state index contributed by atoms with van der Waals surface area (Å²) in [4.78, 5) is 12.2. The second-order valence-electron chi connectivity index (χ2n) is 5.33. The fourth-order valence-electron chi connectivity index (χ4n) is 2.38. The number of rotatable bonds is 6. The monoisotopic (exact) mass is 329 g/mol. The fraction of sp³-hybridized carbons (Fsp3) is 0.312. The van der Waals surface area contributed by atoms with Gasteiger partial charge >= 0.3 is 6.03 Å². The second-order valence-corrected chi connectivity index (χ2v) is 5.33. The van der Waals surface area contributed by atoms with Crippen LogP contribution < -0.4 is 10.6 Å². The van der Waals surface area contributed by atoms with E-state index in [1.54, 1.807) is 7.11 Å². The molecular formula is C16H19N5O3. The number of aryl methyl sites for hydroxylation is 1. The van der Waals surface area contributed by atoms with Gasteiger partial charge in [0.15, 0.2) is 11.5 Å². The quantitative estimate of drug-likeness (QED) is 0.719. The molecule has 8 heteroatoms. The number of aromatic nitrogens is 3. The van der Waals surface area contributed by atoms with Crippen molar-refractivity contribution in [3.63, 3.8) is 0 Å². The lowest BCUT2D eigenvalue weighted by Gasteiger charge is -2.16. The van der Waals surface area contributed by atoms with E-state index in [1.807, 2.05) is 47.9 Å². The number of ether oxygens (including phenoxy) is 1. The second kappa shape index (κ2) is 7.14. The summed E-state index contributed by atoms with van der Waals surface area (Å²) < 4.78 is 12.5. The van der Waals surface area contributed by atoms with Gasteiger partial charge in [-0.25, -0.2) is 4.79 Å². The maximum absolute atomic E-state index is 12.2. The molecule has 2 amide bonds. The highest BCUT2D eigenvalue weighted by molar-refractivity contribution is 5.74. The van der Waals surface area contributed by atoms with Crippen molar-refractivity contribution in [3.8, 4) is 0 Å². The van der Waals surface area contributed by atoms with Gasteiger partial charge in [0.05, 0.1) is 13.2 Å². The predicted octanol–water partition coefficient (Wildman–Crippen LogP) is 1.82. The molecule has 24 heavy (non-hydrogen) atoms. The Kier molecular flexibility index (Phi) is 4.76. The molecule has 3 rings (SSSR count). The SMILES string of the molecule is COCC(NC(=O)NCc1nnc2ccccn12)c1ccc(C)o1. The number of pyridine rings is 1. The van der Waals surface area contributed by atoms with E-state index in [0.29, 0.717) is 18.2 Å². The van der Waals surface area contributed by atoms with Gasteiger partial charge in [-0.1, -0.05) is 6.07 Å². The lowest BCUT2D eigenvalue weighted by Crippen LogP contribution is -2.39. The molecule has 0 radical (unpaired) electrons. The molecule has 0 aliphatic heterocycles. The van der Waals surface area contributed by atoms with Crippen LogP contribution in [0.15, 0.2) is 40.9 Å². The normalized spacial score (nSPS) is 12.2. The summed E-state index contributed by atoms with van der Waals surface area (Å²) in [6.07, 6.45) is 1.85. The highest BCUT2D eigenvalue weighted by Gasteiger charge is 2.18. The van der Waals surface area contributed by atoms with Gasteiger partial charge in [0.25, 0.3) is 0 Å². The molecule has 0 saturated heterocycles. The van der Waals surface area contributed by atoms with E-state index in [1.165, 1.54) is 0 Å². The minimum absolute atomic E-state index is 0.258. The smallest absolute Gasteiger partial charge is 0.315 e. The van der Waals surface area contributed by atoms with Crippen molar-refractivity contribution in [2.45, 2.75) is 19.5 Å². The Morgan fingerprint density at radius 2 is 2.21 bits per heavy atom. The third-order valence-corrected chi connectivity index (χ3v) is 3.53. The molecule has 126 valence electrons. The summed E-state index contributed by atoms with van der Waals surface area (Å²) in [6.45, 7) is 2.42. The van der Waals surface area contributed by atoms with Crippen molar-refractivity contribution in [3.05, 3.63) is 53.9 Å². The molecule has 0 aliphatic carbocycles. The fourth-order valence-corrected chi connectivity index (χ4v) is 2.38. The number of amides is 2. The lowest BCUT2D eigenvalue weighted by atomic mass is 10.2. The molecule has 0 aliphatic rings. The van der Waals surface area contributed by atoms with Crippen LogP contribution >= 0.6 is 0 Å². The minimum atomic E-state index is -0.362. The third-order valence-electron chi connectivity index (χ3n) is 3.53. The summed E-state index contributed by atoms with van der Waals surface area (Å²) in [7, 11) is 1.57. The Bertz CT molecular complexity index is 826. The van der Waals surface area contributed by atoms with E-state index in [9.17, 15) is 4.79 Å². The van der Waals surface area contributed by atoms with E-state index < -0.39 is 0 Å². The number of nitrogens with one attached hydrogen (secondary N) is 2. The number of nitrogens with zero attached hydrogens (tertiary/aromatic N) is 3. The topological polar surface area (TPSA) is 93.7 Å².